The second-order valence-electron chi connectivity index (χ2n) is 3.99. The Labute approximate surface area is 117 Å². The van der Waals surface area contributed by atoms with Gasteiger partial charge in [0, 0.05) is 4.88 Å². The van der Waals surface area contributed by atoms with Gasteiger partial charge in [-0.05, 0) is 11.4 Å². The van der Waals surface area contributed by atoms with Gasteiger partial charge in [-0.2, -0.15) is 0 Å². The van der Waals surface area contributed by atoms with E-state index in [0.717, 1.165) is 4.90 Å². The topological polar surface area (TPSA) is 116 Å². The van der Waals surface area contributed by atoms with Crippen molar-refractivity contribution in [1.29, 1.82) is 0 Å². The van der Waals surface area contributed by atoms with Crippen molar-refractivity contribution in [2.45, 2.75) is 6.04 Å². The second kappa shape index (κ2) is 5.70. The monoisotopic (exact) mass is 297 g/mol. The minimum Gasteiger partial charge on any atom is -0.479 e. The van der Waals surface area contributed by atoms with Crippen molar-refractivity contribution in [3.63, 3.8) is 0 Å². The number of carboxylic acids is 1. The van der Waals surface area contributed by atoms with Crippen molar-refractivity contribution >= 4 is 35.2 Å². The molecule has 1 atom stereocenters. The molecule has 1 fully saturated rings. The van der Waals surface area contributed by atoms with E-state index in [1.807, 2.05) is 0 Å². The number of carbonyl (C=O) groups is 4. The zero-order valence-corrected chi connectivity index (χ0v) is 11.0. The number of imide groups is 1. The van der Waals surface area contributed by atoms with Crippen molar-refractivity contribution in [2.75, 3.05) is 13.1 Å². The molecule has 1 aliphatic rings. The molecule has 4 amide bonds. The predicted octanol–water partition coefficient (Wildman–Crippen LogP) is -0.458. The summed E-state index contributed by atoms with van der Waals surface area (Å²) < 4.78 is 0. The fraction of sp³-hybridized carbons (Fsp3) is 0.273. The van der Waals surface area contributed by atoms with E-state index in [1.165, 1.54) is 11.3 Å². The lowest BCUT2D eigenvalue weighted by Crippen LogP contribution is -2.43. The number of nitrogens with zero attached hydrogens (tertiary/aromatic N) is 1. The van der Waals surface area contributed by atoms with Crippen molar-refractivity contribution < 1.29 is 24.3 Å². The molecule has 0 radical (unpaired) electrons. The molecule has 0 spiro atoms. The van der Waals surface area contributed by atoms with E-state index in [4.69, 9.17) is 5.11 Å². The van der Waals surface area contributed by atoms with Crippen LogP contribution in [-0.2, 0) is 14.4 Å². The lowest BCUT2D eigenvalue weighted by atomic mass is 10.2. The molecule has 0 aromatic carbocycles. The quantitative estimate of drug-likeness (QED) is 0.636. The van der Waals surface area contributed by atoms with E-state index in [9.17, 15) is 19.2 Å². The Morgan fingerprint density at radius 3 is 2.75 bits per heavy atom. The zero-order chi connectivity index (χ0) is 14.7. The Bertz CT molecular complexity index is 540. The molecule has 8 nitrogen and oxygen atoms in total. The predicted molar refractivity (Wildman–Crippen MR) is 68.0 cm³/mol. The van der Waals surface area contributed by atoms with Crippen LogP contribution in [0.5, 0.6) is 0 Å². The van der Waals surface area contributed by atoms with Gasteiger partial charge in [-0.1, -0.05) is 6.07 Å². The molecule has 20 heavy (non-hydrogen) atoms. The van der Waals surface area contributed by atoms with Crippen LogP contribution in [0.4, 0.5) is 4.79 Å². The largest absolute Gasteiger partial charge is 0.479 e. The van der Waals surface area contributed by atoms with Gasteiger partial charge in [0.1, 0.15) is 6.54 Å². The van der Waals surface area contributed by atoms with Crippen LogP contribution in [0.15, 0.2) is 17.5 Å². The third kappa shape index (κ3) is 2.94. The first-order valence-electron chi connectivity index (χ1n) is 5.63. The fourth-order valence-corrected chi connectivity index (χ4v) is 2.44. The van der Waals surface area contributed by atoms with Crippen LogP contribution in [0.1, 0.15) is 10.9 Å². The van der Waals surface area contributed by atoms with Gasteiger partial charge in [0.25, 0.3) is 5.91 Å². The average molecular weight is 297 g/mol. The molecular weight excluding hydrogens is 286 g/mol. The standard InChI is InChI=1S/C11H11N3O5S/c15-7(5-14-8(16)4-12-11(14)19)13-9(10(17)18)6-2-1-3-20-6/h1-3,9H,4-5H2,(H,12,19)(H,13,15)(H,17,18). The normalized spacial score (nSPS) is 15.9. The fourth-order valence-electron chi connectivity index (χ4n) is 1.68. The summed E-state index contributed by atoms with van der Waals surface area (Å²) in [6.45, 7) is -0.654. The van der Waals surface area contributed by atoms with E-state index in [2.05, 4.69) is 10.6 Å². The van der Waals surface area contributed by atoms with Crippen LogP contribution in [0.3, 0.4) is 0 Å². The molecule has 2 rings (SSSR count). The van der Waals surface area contributed by atoms with Crippen LogP contribution < -0.4 is 10.6 Å². The van der Waals surface area contributed by atoms with Crippen LogP contribution in [0, 0.1) is 0 Å². The number of hydrogen-bond acceptors (Lipinski definition) is 5. The minimum atomic E-state index is -1.21. The maximum absolute atomic E-state index is 11.8. The first-order valence-corrected chi connectivity index (χ1v) is 6.51. The molecule has 1 aliphatic heterocycles. The first kappa shape index (κ1) is 14.0. The molecule has 1 unspecified atom stereocenters. The number of carbonyl (C=O) groups excluding carboxylic acids is 3. The highest BCUT2D eigenvalue weighted by molar-refractivity contribution is 7.10. The van der Waals surface area contributed by atoms with Gasteiger partial charge < -0.3 is 15.7 Å². The molecule has 106 valence electrons. The highest BCUT2D eigenvalue weighted by atomic mass is 32.1. The van der Waals surface area contributed by atoms with Crippen molar-refractivity contribution in [2.24, 2.45) is 0 Å². The number of amides is 4. The summed E-state index contributed by atoms with van der Waals surface area (Å²) in [4.78, 5) is 46.7. The number of hydrogen-bond donors (Lipinski definition) is 3. The Kier molecular flexibility index (Phi) is 3.99. The number of urea groups is 1. The summed E-state index contributed by atoms with van der Waals surface area (Å²) >= 11 is 1.19. The summed E-state index contributed by atoms with van der Waals surface area (Å²) in [7, 11) is 0. The molecule has 0 saturated carbocycles. The van der Waals surface area contributed by atoms with Gasteiger partial charge in [0.15, 0.2) is 6.04 Å². The highest BCUT2D eigenvalue weighted by Gasteiger charge is 2.31. The average Bonchev–Trinajstić information content (AvgIpc) is 3.01. The van der Waals surface area contributed by atoms with E-state index in [-0.39, 0.29) is 6.54 Å². The third-order valence-electron chi connectivity index (χ3n) is 2.62. The van der Waals surface area contributed by atoms with Crippen LogP contribution in [-0.4, -0.2) is 46.9 Å². The Morgan fingerprint density at radius 2 is 2.25 bits per heavy atom. The van der Waals surface area contributed by atoms with E-state index >= 15 is 0 Å². The maximum atomic E-state index is 11.8. The number of thiophene rings is 1. The molecule has 1 aromatic heterocycles. The minimum absolute atomic E-state index is 0.153. The lowest BCUT2D eigenvalue weighted by molar-refractivity contribution is -0.142. The van der Waals surface area contributed by atoms with Gasteiger partial charge in [0.2, 0.25) is 5.91 Å². The molecular formula is C11H11N3O5S. The summed E-state index contributed by atoms with van der Waals surface area (Å²) in [5.74, 6) is -2.44. The van der Waals surface area contributed by atoms with Crippen molar-refractivity contribution in [3.8, 4) is 0 Å². The third-order valence-corrected chi connectivity index (χ3v) is 3.56. The Balaban J connectivity index is 2.01. The van der Waals surface area contributed by atoms with E-state index in [0.29, 0.717) is 4.88 Å². The second-order valence-corrected chi connectivity index (χ2v) is 4.97. The van der Waals surface area contributed by atoms with Gasteiger partial charge in [-0.15, -0.1) is 11.3 Å². The Hall–Kier alpha value is -2.42. The van der Waals surface area contributed by atoms with Crippen LogP contribution >= 0.6 is 11.3 Å². The zero-order valence-electron chi connectivity index (χ0n) is 10.2. The SMILES string of the molecule is O=C(CN1C(=O)CNC1=O)NC(C(=O)O)c1cccs1. The number of carboxylic acid groups (broad SMARTS) is 1. The summed E-state index contributed by atoms with van der Waals surface area (Å²) in [6.07, 6.45) is 0. The number of rotatable bonds is 5. The maximum Gasteiger partial charge on any atom is 0.331 e. The first-order chi connectivity index (χ1) is 9.49. The molecule has 9 heteroatoms. The summed E-state index contributed by atoms with van der Waals surface area (Å²) in [5, 5.41) is 15.3. The van der Waals surface area contributed by atoms with E-state index < -0.39 is 36.4 Å². The lowest BCUT2D eigenvalue weighted by Gasteiger charge is -2.16. The van der Waals surface area contributed by atoms with Crippen LogP contribution in [0.2, 0.25) is 0 Å². The Morgan fingerprint density at radius 1 is 1.50 bits per heavy atom. The van der Waals surface area contributed by atoms with Gasteiger partial charge in [0.05, 0.1) is 6.54 Å². The summed E-state index contributed by atoms with van der Waals surface area (Å²) in [6, 6.07) is 1.40. The molecule has 3 N–H and O–H groups in total. The molecule has 0 bridgehead atoms. The highest BCUT2D eigenvalue weighted by Crippen LogP contribution is 2.19. The van der Waals surface area contributed by atoms with Gasteiger partial charge in [-0.3, -0.25) is 14.5 Å². The van der Waals surface area contributed by atoms with Crippen molar-refractivity contribution in [1.82, 2.24) is 15.5 Å². The molecule has 1 aromatic rings. The number of aliphatic carboxylic acids is 1. The smallest absolute Gasteiger partial charge is 0.331 e. The van der Waals surface area contributed by atoms with Crippen LogP contribution in [0.25, 0.3) is 0 Å². The van der Waals surface area contributed by atoms with Gasteiger partial charge in [-0.25, -0.2) is 9.59 Å². The molecule has 0 aliphatic carbocycles. The van der Waals surface area contributed by atoms with Gasteiger partial charge >= 0.3 is 12.0 Å². The summed E-state index contributed by atoms with van der Waals surface area (Å²) in [5.41, 5.74) is 0. The van der Waals surface area contributed by atoms with E-state index in [1.54, 1.807) is 17.5 Å². The number of nitrogens with one attached hydrogen (secondary N) is 2. The molecule has 1 saturated heterocycles. The molecule has 2 heterocycles. The van der Waals surface area contributed by atoms with Crippen molar-refractivity contribution in [3.05, 3.63) is 22.4 Å².